The third-order valence-corrected chi connectivity index (χ3v) is 2.50. The van der Waals surface area contributed by atoms with Gasteiger partial charge in [-0.2, -0.15) is 0 Å². The predicted octanol–water partition coefficient (Wildman–Crippen LogP) is 3.02. The normalized spacial score (nSPS) is 15.5. The van der Waals surface area contributed by atoms with E-state index in [0.717, 1.165) is 12.2 Å². The maximum Gasteiger partial charge on any atom is 0.0601 e. The number of hydrogen-bond acceptors (Lipinski definition) is 1. The van der Waals surface area contributed by atoms with E-state index in [1.165, 1.54) is 11.1 Å². The smallest absolute Gasteiger partial charge is 0.0601 e. The van der Waals surface area contributed by atoms with Crippen molar-refractivity contribution < 1.29 is 0 Å². The highest BCUT2D eigenvalue weighted by Crippen LogP contribution is 2.24. The molecule has 0 saturated carbocycles. The Kier molecular flexibility index (Phi) is 1.81. The van der Waals surface area contributed by atoms with Gasteiger partial charge in [-0.25, -0.2) is 0 Å². The second-order valence-electron chi connectivity index (χ2n) is 3.00. The van der Waals surface area contributed by atoms with Crippen molar-refractivity contribution in [3.8, 4) is 0 Å². The van der Waals surface area contributed by atoms with E-state index in [9.17, 15) is 0 Å². The van der Waals surface area contributed by atoms with E-state index in [4.69, 9.17) is 11.8 Å². The first-order chi connectivity index (χ1) is 5.77. The number of fused-ring (bicyclic) bond motifs is 1. The second kappa shape index (κ2) is 2.83. The standard InChI is InChI=1S/C10H10ClN/c1-8-6-9-4-2-3-5-10(9)7-12(8)11/h2-6H,7H2,1H3. The Hall–Kier alpha value is -0.950. The molecule has 1 aromatic rings. The molecule has 1 nitrogen and oxygen atoms in total. The van der Waals surface area contributed by atoms with Gasteiger partial charge < -0.3 is 0 Å². The SMILES string of the molecule is CC1=Cc2ccccc2CN1Cl. The van der Waals surface area contributed by atoms with Gasteiger partial charge in [0.15, 0.2) is 0 Å². The van der Waals surface area contributed by atoms with Gasteiger partial charge in [-0.3, -0.25) is 4.42 Å². The van der Waals surface area contributed by atoms with Crippen LogP contribution in [-0.2, 0) is 6.54 Å². The topological polar surface area (TPSA) is 3.24 Å². The Labute approximate surface area is 77.4 Å². The van der Waals surface area contributed by atoms with Crippen molar-refractivity contribution in [2.45, 2.75) is 13.5 Å². The van der Waals surface area contributed by atoms with Crippen molar-refractivity contribution >= 4 is 17.9 Å². The maximum atomic E-state index is 5.96. The number of rotatable bonds is 0. The van der Waals surface area contributed by atoms with E-state index in [1.807, 2.05) is 19.1 Å². The lowest BCUT2D eigenvalue weighted by Gasteiger charge is -2.22. The van der Waals surface area contributed by atoms with Crippen LogP contribution in [0.5, 0.6) is 0 Å². The number of halogens is 1. The van der Waals surface area contributed by atoms with Gasteiger partial charge in [-0.15, -0.1) is 0 Å². The highest BCUT2D eigenvalue weighted by atomic mass is 35.5. The number of allylic oxidation sites excluding steroid dienone is 1. The van der Waals surface area contributed by atoms with Crippen molar-refractivity contribution in [2.75, 3.05) is 0 Å². The van der Waals surface area contributed by atoms with E-state index >= 15 is 0 Å². The summed E-state index contributed by atoms with van der Waals surface area (Å²) in [4.78, 5) is 0. The molecule has 0 radical (unpaired) electrons. The van der Waals surface area contributed by atoms with Crippen LogP contribution in [0.25, 0.3) is 6.08 Å². The molecular formula is C10H10ClN. The molecule has 0 aliphatic carbocycles. The zero-order valence-electron chi connectivity index (χ0n) is 6.92. The quantitative estimate of drug-likeness (QED) is 0.554. The molecule has 0 bridgehead atoms. The molecule has 0 atom stereocenters. The average molecular weight is 180 g/mol. The summed E-state index contributed by atoms with van der Waals surface area (Å²) in [5.41, 5.74) is 3.68. The van der Waals surface area contributed by atoms with Gasteiger partial charge in [0.2, 0.25) is 0 Å². The van der Waals surface area contributed by atoms with Crippen LogP contribution in [0.3, 0.4) is 0 Å². The fourth-order valence-corrected chi connectivity index (χ4v) is 1.57. The van der Waals surface area contributed by atoms with Crippen LogP contribution in [0, 0.1) is 0 Å². The van der Waals surface area contributed by atoms with Crippen molar-refractivity contribution in [3.63, 3.8) is 0 Å². The molecule has 0 aromatic heterocycles. The Morgan fingerprint density at radius 2 is 2.08 bits per heavy atom. The van der Waals surface area contributed by atoms with Gasteiger partial charge in [0.05, 0.1) is 6.54 Å². The fraction of sp³-hybridized carbons (Fsp3) is 0.200. The Bertz CT molecular complexity index is 330. The second-order valence-corrected chi connectivity index (χ2v) is 3.41. The van der Waals surface area contributed by atoms with Crippen LogP contribution in [-0.4, -0.2) is 4.42 Å². The van der Waals surface area contributed by atoms with Crippen LogP contribution in [0.2, 0.25) is 0 Å². The van der Waals surface area contributed by atoms with Crippen molar-refractivity contribution in [2.24, 2.45) is 0 Å². The van der Waals surface area contributed by atoms with Gasteiger partial charge >= 0.3 is 0 Å². The summed E-state index contributed by atoms with van der Waals surface area (Å²) in [5, 5.41) is 0. The zero-order chi connectivity index (χ0) is 8.55. The summed E-state index contributed by atoms with van der Waals surface area (Å²) < 4.78 is 1.74. The summed E-state index contributed by atoms with van der Waals surface area (Å²) in [6.45, 7) is 2.82. The lowest BCUT2D eigenvalue weighted by Crippen LogP contribution is -2.13. The molecule has 2 rings (SSSR count). The van der Waals surface area contributed by atoms with E-state index in [0.29, 0.717) is 0 Å². The van der Waals surface area contributed by atoms with Crippen molar-refractivity contribution in [1.29, 1.82) is 0 Å². The van der Waals surface area contributed by atoms with E-state index < -0.39 is 0 Å². The highest BCUT2D eigenvalue weighted by Gasteiger charge is 2.11. The van der Waals surface area contributed by atoms with Crippen molar-refractivity contribution in [1.82, 2.24) is 4.42 Å². The molecule has 1 aromatic carbocycles. The summed E-state index contributed by atoms with van der Waals surface area (Å²) in [6.07, 6.45) is 2.10. The first kappa shape index (κ1) is 7.69. The van der Waals surface area contributed by atoms with Gasteiger partial charge in [-0.1, -0.05) is 24.3 Å². The molecule has 0 spiro atoms. The molecule has 1 heterocycles. The first-order valence-electron chi connectivity index (χ1n) is 3.97. The molecular weight excluding hydrogens is 170 g/mol. The maximum absolute atomic E-state index is 5.96. The monoisotopic (exact) mass is 179 g/mol. The lowest BCUT2D eigenvalue weighted by molar-refractivity contribution is 0.548. The van der Waals surface area contributed by atoms with Crippen molar-refractivity contribution in [3.05, 3.63) is 41.1 Å². The van der Waals surface area contributed by atoms with Gasteiger partial charge in [-0.05, 0) is 24.1 Å². The Balaban J connectivity index is 2.49. The largest absolute Gasteiger partial charge is 0.285 e. The molecule has 2 heteroatoms. The molecule has 0 N–H and O–H groups in total. The number of hydrogen-bond donors (Lipinski definition) is 0. The third kappa shape index (κ3) is 1.21. The molecule has 0 fully saturated rings. The first-order valence-corrected chi connectivity index (χ1v) is 4.31. The van der Waals surface area contributed by atoms with Crippen LogP contribution < -0.4 is 0 Å². The summed E-state index contributed by atoms with van der Waals surface area (Å²) in [7, 11) is 0. The van der Waals surface area contributed by atoms with E-state index in [1.54, 1.807) is 4.42 Å². The molecule has 0 unspecified atom stereocenters. The van der Waals surface area contributed by atoms with E-state index in [2.05, 4.69) is 18.2 Å². The molecule has 1 aliphatic heterocycles. The Morgan fingerprint density at radius 3 is 2.92 bits per heavy atom. The summed E-state index contributed by atoms with van der Waals surface area (Å²) >= 11 is 5.96. The molecule has 0 amide bonds. The van der Waals surface area contributed by atoms with Crippen LogP contribution >= 0.6 is 11.8 Å². The number of nitrogens with zero attached hydrogens (tertiary/aromatic N) is 1. The van der Waals surface area contributed by atoms with E-state index in [-0.39, 0.29) is 0 Å². The fourth-order valence-electron chi connectivity index (χ4n) is 1.39. The Morgan fingerprint density at radius 1 is 1.33 bits per heavy atom. The third-order valence-electron chi connectivity index (χ3n) is 2.11. The van der Waals surface area contributed by atoms with Crippen LogP contribution in [0.1, 0.15) is 18.1 Å². The van der Waals surface area contributed by atoms with Gasteiger partial charge in [0, 0.05) is 17.5 Å². The zero-order valence-corrected chi connectivity index (χ0v) is 7.67. The molecule has 12 heavy (non-hydrogen) atoms. The number of benzene rings is 1. The minimum absolute atomic E-state index is 0.806. The predicted molar refractivity (Wildman–Crippen MR) is 51.5 cm³/mol. The average Bonchev–Trinajstić information content (AvgIpc) is 2.07. The summed E-state index contributed by atoms with van der Waals surface area (Å²) in [5.74, 6) is 0. The minimum atomic E-state index is 0.806. The molecule has 1 aliphatic rings. The minimum Gasteiger partial charge on any atom is -0.285 e. The molecule has 0 saturated heterocycles. The summed E-state index contributed by atoms with van der Waals surface area (Å²) in [6, 6.07) is 8.31. The lowest BCUT2D eigenvalue weighted by atomic mass is 10.0. The highest BCUT2D eigenvalue weighted by molar-refractivity contribution is 6.14. The molecule has 62 valence electrons. The van der Waals surface area contributed by atoms with Gasteiger partial charge in [0.25, 0.3) is 0 Å². The van der Waals surface area contributed by atoms with Crippen LogP contribution in [0.4, 0.5) is 0 Å². The van der Waals surface area contributed by atoms with Gasteiger partial charge in [0.1, 0.15) is 0 Å². The van der Waals surface area contributed by atoms with Crippen LogP contribution in [0.15, 0.2) is 30.0 Å².